The van der Waals surface area contributed by atoms with Crippen molar-refractivity contribution in [2.45, 2.75) is 50.3 Å². The maximum atomic E-state index is 17.2. The predicted molar refractivity (Wildman–Crippen MR) is 176 cm³/mol. The molecule has 14 heteroatoms. The number of rotatable bonds is 5. The molecule has 3 saturated heterocycles. The van der Waals surface area contributed by atoms with Gasteiger partial charge in [0.05, 0.1) is 32.3 Å². The van der Waals surface area contributed by atoms with Crippen LogP contribution in [0.3, 0.4) is 0 Å². The first-order valence-electron chi connectivity index (χ1n) is 15.7. The molecule has 0 saturated carbocycles. The first-order valence-corrected chi connectivity index (χ1v) is 16.9. The zero-order chi connectivity index (χ0) is 32.8. The number of carbonyl (C=O) groups is 1. The molecular weight excluding hydrogens is 648 g/mol. The Morgan fingerprint density at radius 3 is 2.89 bits per heavy atom. The average Bonchev–Trinajstić information content (AvgIpc) is 3.69. The Morgan fingerprint density at radius 1 is 1.28 bits per heavy atom. The Morgan fingerprint density at radius 2 is 2.11 bits per heavy atom. The van der Waals surface area contributed by atoms with Crippen LogP contribution in [0.15, 0.2) is 12.1 Å². The lowest BCUT2D eigenvalue weighted by atomic mass is 9.92. The third-order valence-electron chi connectivity index (χ3n) is 10.4. The average molecular weight is 680 g/mol. The van der Waals surface area contributed by atoms with Crippen molar-refractivity contribution < 1.29 is 23.0 Å². The van der Waals surface area contributed by atoms with Crippen molar-refractivity contribution in [3.63, 3.8) is 0 Å². The molecule has 1 amide bonds. The molecule has 2 unspecified atom stereocenters. The topological polar surface area (TPSA) is 121 Å². The lowest BCUT2D eigenvalue weighted by molar-refractivity contribution is -0.120. The number of aromatic nitrogens is 2. The molecule has 6 heterocycles. The summed E-state index contributed by atoms with van der Waals surface area (Å²) in [6, 6.07) is 4.35. The maximum Gasteiger partial charge on any atom is 0.319 e. The molecule has 0 aliphatic carbocycles. The Labute approximate surface area is 278 Å². The monoisotopic (exact) mass is 679 g/mol. The lowest BCUT2D eigenvalue weighted by Crippen LogP contribution is -2.55. The van der Waals surface area contributed by atoms with E-state index in [4.69, 9.17) is 31.8 Å². The van der Waals surface area contributed by atoms with Gasteiger partial charge >= 0.3 is 6.01 Å². The van der Waals surface area contributed by atoms with Crippen molar-refractivity contribution in [3.8, 4) is 29.0 Å². The Hall–Kier alpha value is -3.99. The second-order valence-electron chi connectivity index (χ2n) is 13.2. The van der Waals surface area contributed by atoms with Crippen LogP contribution in [0.5, 0.6) is 11.8 Å². The zero-order valence-corrected chi connectivity index (χ0v) is 27.4. The number of likely N-dealkylation sites (N-methyl/N-ethyl adjacent to an activating group) is 1. The van der Waals surface area contributed by atoms with Gasteiger partial charge in [-0.15, -0.1) is 11.3 Å². The minimum atomic E-state index is -0.782. The van der Waals surface area contributed by atoms with Crippen LogP contribution in [-0.4, -0.2) is 83.7 Å². The molecule has 4 aliphatic heterocycles. The molecule has 10 nitrogen and oxygen atoms in total. The van der Waals surface area contributed by atoms with E-state index in [9.17, 15) is 10.1 Å². The third-order valence-corrected chi connectivity index (χ3v) is 11.8. The molecule has 2 aromatic heterocycles. The van der Waals surface area contributed by atoms with Crippen molar-refractivity contribution in [1.82, 2.24) is 19.8 Å². The fraction of sp³-hybridized carbons (Fsp3) is 0.455. The van der Waals surface area contributed by atoms with Gasteiger partial charge in [-0.1, -0.05) is 24.6 Å². The van der Waals surface area contributed by atoms with E-state index in [1.54, 1.807) is 4.90 Å². The first-order chi connectivity index (χ1) is 22.6. The highest BCUT2D eigenvalue weighted by Gasteiger charge is 2.48. The van der Waals surface area contributed by atoms with Gasteiger partial charge in [0.2, 0.25) is 6.41 Å². The molecule has 8 rings (SSSR count). The Balaban J connectivity index is 1.35. The molecule has 4 aromatic rings. The molecule has 244 valence electrons. The number of carbonyl (C=O) groups excluding carboxylic acids is 1. The van der Waals surface area contributed by atoms with Crippen molar-refractivity contribution in [3.05, 3.63) is 34.4 Å². The molecule has 0 radical (unpaired) electrons. The number of benzene rings is 2. The highest BCUT2D eigenvalue weighted by molar-refractivity contribution is 7.23. The van der Waals surface area contributed by atoms with Crippen LogP contribution in [0.25, 0.3) is 32.1 Å². The number of nitrogens with two attached hydrogens (primary N) is 1. The summed E-state index contributed by atoms with van der Waals surface area (Å²) in [5.74, 6) is -0.273. The van der Waals surface area contributed by atoms with Crippen LogP contribution in [0, 0.1) is 28.9 Å². The minimum Gasteiger partial charge on any atom is -0.486 e. The number of hydrogen-bond donors (Lipinski definition) is 1. The number of piperidine rings is 1. The Kier molecular flexibility index (Phi) is 7.13. The summed E-state index contributed by atoms with van der Waals surface area (Å²) in [6.45, 7) is 5.46. The van der Waals surface area contributed by atoms with Gasteiger partial charge in [-0.3, -0.25) is 9.69 Å². The summed E-state index contributed by atoms with van der Waals surface area (Å²) >= 11 is 8.02. The number of anilines is 2. The van der Waals surface area contributed by atoms with Crippen molar-refractivity contribution in [2.24, 2.45) is 5.92 Å². The maximum absolute atomic E-state index is 17.2. The molecule has 2 aromatic carbocycles. The van der Waals surface area contributed by atoms with Crippen molar-refractivity contribution in [1.29, 1.82) is 5.26 Å². The van der Waals surface area contributed by atoms with Gasteiger partial charge in [0, 0.05) is 44.1 Å². The van der Waals surface area contributed by atoms with Gasteiger partial charge < -0.3 is 25.0 Å². The number of nitrogens with zero attached hydrogens (tertiary/aromatic N) is 6. The SMILES string of the molecule is C[C@H]1CN2CCC[C@@]2(COc2nc3c4c(c(Cl)c(-c5ccc(F)c6sc(N)c(C#N)c56)c(F)c4n2)OC2CCN(C=O)CC2N3C)C1. The normalized spacial score (nSPS) is 25.4. The molecule has 4 aliphatic rings. The predicted octanol–water partition coefficient (Wildman–Crippen LogP) is 5.58. The molecule has 0 spiro atoms. The number of hydrogen-bond acceptors (Lipinski definition) is 10. The van der Waals surface area contributed by atoms with Gasteiger partial charge in [0.1, 0.15) is 40.9 Å². The van der Waals surface area contributed by atoms with Crippen molar-refractivity contribution in [2.75, 3.05) is 50.5 Å². The summed E-state index contributed by atoms with van der Waals surface area (Å²) in [4.78, 5) is 27.3. The number of likely N-dealkylation sites (tertiary alicyclic amines) is 1. The summed E-state index contributed by atoms with van der Waals surface area (Å²) in [5.41, 5.74) is 6.08. The number of nitriles is 1. The van der Waals surface area contributed by atoms with Crippen LogP contribution < -0.4 is 20.1 Å². The summed E-state index contributed by atoms with van der Waals surface area (Å²) in [5, 5.41) is 10.5. The molecule has 0 bridgehead atoms. The number of ether oxygens (including phenoxy) is 2. The van der Waals surface area contributed by atoms with Crippen LogP contribution in [0.2, 0.25) is 5.02 Å². The Bertz CT molecular complexity index is 2020. The zero-order valence-electron chi connectivity index (χ0n) is 25.9. The highest BCUT2D eigenvalue weighted by atomic mass is 35.5. The van der Waals surface area contributed by atoms with E-state index in [1.165, 1.54) is 12.1 Å². The number of halogens is 3. The first kappa shape index (κ1) is 30.4. The van der Waals surface area contributed by atoms with E-state index in [1.807, 2.05) is 18.0 Å². The number of nitrogen functional groups attached to an aromatic ring is 1. The number of thiophene rings is 1. The molecule has 2 N–H and O–H groups in total. The molecular formula is C33H32ClF2N7O3S. The van der Waals surface area contributed by atoms with Gasteiger partial charge in [0.25, 0.3) is 0 Å². The smallest absolute Gasteiger partial charge is 0.319 e. The van der Waals surface area contributed by atoms with Crippen LogP contribution in [0.4, 0.5) is 19.6 Å². The van der Waals surface area contributed by atoms with E-state index in [-0.39, 0.29) is 71.0 Å². The summed E-state index contributed by atoms with van der Waals surface area (Å²) in [6.07, 6.45) is 3.97. The second-order valence-corrected chi connectivity index (χ2v) is 14.7. The van der Waals surface area contributed by atoms with Gasteiger partial charge in [-0.05, 0) is 43.4 Å². The van der Waals surface area contributed by atoms with Crippen molar-refractivity contribution >= 4 is 61.2 Å². The molecule has 4 atom stereocenters. The van der Waals surface area contributed by atoms with E-state index >= 15 is 8.78 Å². The summed E-state index contributed by atoms with van der Waals surface area (Å²) < 4.78 is 45.3. The van der Waals surface area contributed by atoms with Crippen LogP contribution in [0.1, 0.15) is 38.2 Å². The quantitative estimate of drug-likeness (QED) is 0.270. The number of fused-ring (bicyclic) bond motifs is 3. The third kappa shape index (κ3) is 4.52. The highest BCUT2D eigenvalue weighted by Crippen LogP contribution is 2.52. The van der Waals surface area contributed by atoms with Crippen LogP contribution >= 0.6 is 22.9 Å². The minimum absolute atomic E-state index is 0.0153. The van der Waals surface area contributed by atoms with Crippen LogP contribution in [-0.2, 0) is 4.79 Å². The standard InChI is InChI=1S/C33H32ClF2N7O3S/c1-16-10-33(7-3-8-43(33)12-16)14-45-32-39-27-24-28(46-21-6-9-42(15-44)13-20(21)41(2)31(24)40-32)25(34)23(26(27)36)17-4-5-19(35)29-22(17)18(11-37)30(38)47-29/h4-5,15-16,20-21H,3,6-10,12-14,38H2,1-2H3/t16-,20?,21?,33+/m1/s1. The fourth-order valence-corrected chi connectivity index (χ4v) is 9.55. The number of amides is 1. The summed E-state index contributed by atoms with van der Waals surface area (Å²) in [7, 11) is 1.84. The van der Waals surface area contributed by atoms with E-state index < -0.39 is 17.7 Å². The van der Waals surface area contributed by atoms with E-state index in [0.717, 1.165) is 50.1 Å². The van der Waals surface area contributed by atoms with Gasteiger partial charge in [0.15, 0.2) is 11.6 Å². The van der Waals surface area contributed by atoms with E-state index in [0.29, 0.717) is 37.9 Å². The molecule has 3 fully saturated rings. The lowest BCUT2D eigenvalue weighted by Gasteiger charge is -2.40. The van der Waals surface area contributed by atoms with Gasteiger partial charge in [-0.2, -0.15) is 15.2 Å². The molecule has 47 heavy (non-hydrogen) atoms. The largest absolute Gasteiger partial charge is 0.486 e. The van der Waals surface area contributed by atoms with Gasteiger partial charge in [-0.25, -0.2) is 8.78 Å². The fourth-order valence-electron chi connectivity index (χ4n) is 8.28. The van der Waals surface area contributed by atoms with E-state index in [2.05, 4.69) is 16.8 Å². The second kappa shape index (κ2) is 11.0.